The fourth-order valence-electron chi connectivity index (χ4n) is 2.31. The summed E-state index contributed by atoms with van der Waals surface area (Å²) in [6.07, 6.45) is 3.51. The van der Waals surface area contributed by atoms with E-state index in [1.54, 1.807) is 6.07 Å². The number of hydrogen-bond acceptors (Lipinski definition) is 3. The third-order valence-electron chi connectivity index (χ3n) is 3.34. The number of para-hydroxylation sites is 1. The van der Waals surface area contributed by atoms with Crippen molar-refractivity contribution in [1.29, 1.82) is 5.26 Å². The summed E-state index contributed by atoms with van der Waals surface area (Å²) in [5, 5.41) is 9.07. The highest BCUT2D eigenvalue weighted by atomic mass is 15.1. The van der Waals surface area contributed by atoms with E-state index in [1.807, 2.05) is 16.7 Å². The second-order valence-corrected chi connectivity index (χ2v) is 5.30. The maximum absolute atomic E-state index is 9.07. The average Bonchev–Trinajstić information content (AvgIpc) is 2.70. The molecule has 0 unspecified atom stereocenters. The highest BCUT2D eigenvalue weighted by Crippen LogP contribution is 2.22. The minimum Gasteiger partial charge on any atom is -0.369 e. The molecule has 0 saturated carbocycles. The topological polar surface area (TPSA) is 67.6 Å². The lowest BCUT2D eigenvalue weighted by molar-refractivity contribution is 0.514. The van der Waals surface area contributed by atoms with Crippen LogP contribution in [0.4, 0.5) is 5.95 Å². The van der Waals surface area contributed by atoms with E-state index in [0.717, 1.165) is 24.4 Å². The van der Waals surface area contributed by atoms with Crippen molar-refractivity contribution >= 4 is 17.0 Å². The lowest BCUT2D eigenvalue weighted by atomic mass is 10.1. The Kier molecular flexibility index (Phi) is 4.06. The SMILES string of the molecule is CC(C)CCCCn1c(N)nc2c(C#N)cccc21. The molecule has 0 atom stereocenters. The summed E-state index contributed by atoms with van der Waals surface area (Å²) in [6.45, 7) is 5.34. The number of anilines is 1. The maximum Gasteiger partial charge on any atom is 0.201 e. The van der Waals surface area contributed by atoms with Gasteiger partial charge in [0.1, 0.15) is 11.6 Å². The van der Waals surface area contributed by atoms with Gasteiger partial charge in [0.15, 0.2) is 0 Å². The first-order valence-electron chi connectivity index (χ1n) is 6.78. The molecule has 1 heterocycles. The van der Waals surface area contributed by atoms with Crippen molar-refractivity contribution in [3.63, 3.8) is 0 Å². The van der Waals surface area contributed by atoms with E-state index < -0.39 is 0 Å². The fraction of sp³-hybridized carbons (Fsp3) is 0.467. The predicted octanol–water partition coefficient (Wildman–Crippen LogP) is 3.32. The standard InChI is InChI=1S/C15H20N4/c1-11(2)6-3-4-9-19-13-8-5-7-12(10-16)14(13)18-15(19)17/h5,7-8,11H,3-4,6,9H2,1-2H3,(H2,17,18). The van der Waals surface area contributed by atoms with Crippen LogP contribution in [0.15, 0.2) is 18.2 Å². The monoisotopic (exact) mass is 256 g/mol. The Morgan fingerprint density at radius 2 is 2.16 bits per heavy atom. The van der Waals surface area contributed by atoms with Crippen LogP contribution in [0.2, 0.25) is 0 Å². The van der Waals surface area contributed by atoms with Crippen LogP contribution in [0.25, 0.3) is 11.0 Å². The third kappa shape index (κ3) is 2.87. The van der Waals surface area contributed by atoms with Crippen molar-refractivity contribution in [1.82, 2.24) is 9.55 Å². The maximum atomic E-state index is 9.07. The average molecular weight is 256 g/mol. The molecule has 0 aliphatic heterocycles. The number of unbranched alkanes of at least 4 members (excludes halogenated alkanes) is 1. The molecule has 2 N–H and O–H groups in total. The zero-order chi connectivity index (χ0) is 13.8. The molecule has 100 valence electrons. The van der Waals surface area contributed by atoms with Crippen LogP contribution in [-0.2, 0) is 6.54 Å². The first kappa shape index (κ1) is 13.4. The molecule has 0 spiro atoms. The lowest BCUT2D eigenvalue weighted by Gasteiger charge is -2.07. The molecule has 0 radical (unpaired) electrons. The van der Waals surface area contributed by atoms with E-state index in [2.05, 4.69) is 24.9 Å². The number of rotatable bonds is 5. The highest BCUT2D eigenvalue weighted by molar-refractivity contribution is 5.83. The molecule has 4 heteroatoms. The number of nitrogens with zero attached hydrogens (tertiary/aromatic N) is 3. The number of fused-ring (bicyclic) bond motifs is 1. The summed E-state index contributed by atoms with van der Waals surface area (Å²) in [4.78, 5) is 4.32. The Morgan fingerprint density at radius 1 is 1.37 bits per heavy atom. The van der Waals surface area contributed by atoms with Crippen LogP contribution in [0.3, 0.4) is 0 Å². The molecule has 2 aromatic rings. The summed E-state index contributed by atoms with van der Waals surface area (Å²) < 4.78 is 2.01. The second kappa shape index (κ2) is 5.75. The van der Waals surface area contributed by atoms with Gasteiger partial charge in [-0.1, -0.05) is 32.8 Å². The van der Waals surface area contributed by atoms with E-state index in [-0.39, 0.29) is 0 Å². The summed E-state index contributed by atoms with van der Waals surface area (Å²) in [6, 6.07) is 7.79. The van der Waals surface area contributed by atoms with Crippen molar-refractivity contribution in [2.75, 3.05) is 5.73 Å². The summed E-state index contributed by atoms with van der Waals surface area (Å²) in [5.41, 5.74) is 8.22. The summed E-state index contributed by atoms with van der Waals surface area (Å²) >= 11 is 0. The van der Waals surface area contributed by atoms with E-state index >= 15 is 0 Å². The van der Waals surface area contributed by atoms with Crippen molar-refractivity contribution in [2.45, 2.75) is 39.7 Å². The Morgan fingerprint density at radius 3 is 2.84 bits per heavy atom. The van der Waals surface area contributed by atoms with Crippen molar-refractivity contribution in [2.24, 2.45) is 5.92 Å². The Labute approximate surface area is 113 Å². The number of imidazole rings is 1. The van der Waals surface area contributed by atoms with Gasteiger partial charge < -0.3 is 10.3 Å². The van der Waals surface area contributed by atoms with Gasteiger partial charge in [-0.3, -0.25) is 0 Å². The summed E-state index contributed by atoms with van der Waals surface area (Å²) in [5.74, 6) is 1.24. The number of nitrogen functional groups attached to an aromatic ring is 1. The van der Waals surface area contributed by atoms with Gasteiger partial charge >= 0.3 is 0 Å². The smallest absolute Gasteiger partial charge is 0.201 e. The number of aromatic nitrogens is 2. The molecule has 0 bridgehead atoms. The van der Waals surface area contributed by atoms with Gasteiger partial charge in [0.25, 0.3) is 0 Å². The van der Waals surface area contributed by atoms with Crippen LogP contribution >= 0.6 is 0 Å². The number of hydrogen-bond donors (Lipinski definition) is 1. The molecular formula is C15H20N4. The van der Waals surface area contributed by atoms with Crippen LogP contribution in [0.5, 0.6) is 0 Å². The zero-order valence-corrected chi connectivity index (χ0v) is 11.6. The van der Waals surface area contributed by atoms with Crippen LogP contribution in [0, 0.1) is 17.2 Å². The van der Waals surface area contributed by atoms with Gasteiger partial charge in [-0.15, -0.1) is 0 Å². The van der Waals surface area contributed by atoms with Crippen molar-refractivity contribution in [3.05, 3.63) is 23.8 Å². The van der Waals surface area contributed by atoms with Gasteiger partial charge in [-0.2, -0.15) is 5.26 Å². The minimum atomic E-state index is 0.502. The quantitative estimate of drug-likeness (QED) is 0.834. The zero-order valence-electron chi connectivity index (χ0n) is 11.6. The number of nitriles is 1. The molecule has 2 rings (SSSR count). The van der Waals surface area contributed by atoms with Crippen LogP contribution in [-0.4, -0.2) is 9.55 Å². The number of nitrogens with two attached hydrogens (primary N) is 1. The Hall–Kier alpha value is -2.02. The van der Waals surface area contributed by atoms with Gasteiger partial charge in [0, 0.05) is 6.54 Å². The number of aryl methyl sites for hydroxylation is 1. The largest absolute Gasteiger partial charge is 0.369 e. The van der Waals surface area contributed by atoms with E-state index in [0.29, 0.717) is 17.0 Å². The lowest BCUT2D eigenvalue weighted by Crippen LogP contribution is -2.03. The van der Waals surface area contributed by atoms with Gasteiger partial charge in [-0.05, 0) is 24.5 Å². The minimum absolute atomic E-state index is 0.502. The second-order valence-electron chi connectivity index (χ2n) is 5.30. The molecule has 0 saturated heterocycles. The molecular weight excluding hydrogens is 236 g/mol. The molecule has 0 amide bonds. The van der Waals surface area contributed by atoms with Gasteiger partial charge in [-0.25, -0.2) is 4.98 Å². The van der Waals surface area contributed by atoms with Crippen LogP contribution in [0.1, 0.15) is 38.7 Å². The van der Waals surface area contributed by atoms with E-state index in [4.69, 9.17) is 11.0 Å². The molecule has 4 nitrogen and oxygen atoms in total. The molecule has 1 aromatic carbocycles. The Bertz CT molecular complexity index is 604. The molecule has 19 heavy (non-hydrogen) atoms. The highest BCUT2D eigenvalue weighted by Gasteiger charge is 2.10. The van der Waals surface area contributed by atoms with Crippen molar-refractivity contribution < 1.29 is 0 Å². The normalized spacial score (nSPS) is 11.1. The fourth-order valence-corrected chi connectivity index (χ4v) is 2.31. The molecule has 0 fully saturated rings. The van der Waals surface area contributed by atoms with Gasteiger partial charge in [0.2, 0.25) is 5.95 Å². The van der Waals surface area contributed by atoms with E-state index in [1.165, 1.54) is 12.8 Å². The summed E-state index contributed by atoms with van der Waals surface area (Å²) in [7, 11) is 0. The molecule has 1 aromatic heterocycles. The molecule has 0 aliphatic rings. The van der Waals surface area contributed by atoms with Gasteiger partial charge in [0.05, 0.1) is 11.1 Å². The first-order valence-corrected chi connectivity index (χ1v) is 6.78. The number of benzene rings is 1. The Balaban J connectivity index is 2.19. The third-order valence-corrected chi connectivity index (χ3v) is 3.34. The van der Waals surface area contributed by atoms with Crippen LogP contribution < -0.4 is 5.73 Å². The molecule has 0 aliphatic carbocycles. The first-order chi connectivity index (χ1) is 9.13. The van der Waals surface area contributed by atoms with E-state index in [9.17, 15) is 0 Å². The van der Waals surface area contributed by atoms with Crippen molar-refractivity contribution in [3.8, 4) is 6.07 Å². The predicted molar refractivity (Wildman–Crippen MR) is 77.5 cm³/mol.